The Morgan fingerprint density at radius 3 is 2.21 bits per heavy atom. The summed E-state index contributed by atoms with van der Waals surface area (Å²) in [5, 5.41) is 0. The van der Waals surface area contributed by atoms with Crippen LogP contribution in [0.5, 0.6) is 0 Å². The van der Waals surface area contributed by atoms with Crippen molar-refractivity contribution >= 4 is 0 Å². The Labute approximate surface area is 119 Å². The normalized spacial score (nSPS) is 33.0. The molecule has 0 radical (unpaired) electrons. The minimum absolute atomic E-state index is 0.0106. The summed E-state index contributed by atoms with van der Waals surface area (Å²) in [5.41, 5.74) is 6.72. The lowest BCUT2D eigenvalue weighted by Crippen LogP contribution is -2.55. The minimum atomic E-state index is 0.0106. The first-order valence-corrected chi connectivity index (χ1v) is 8.61. The van der Waals surface area contributed by atoms with Gasteiger partial charge in [-0.15, -0.1) is 0 Å². The van der Waals surface area contributed by atoms with E-state index in [4.69, 9.17) is 10.5 Å². The second-order valence-electron chi connectivity index (χ2n) is 6.77. The molecule has 0 saturated heterocycles. The summed E-state index contributed by atoms with van der Waals surface area (Å²) < 4.78 is 6.21. The molecule has 0 heterocycles. The van der Waals surface area contributed by atoms with Gasteiger partial charge in [-0.3, -0.25) is 0 Å². The molecule has 0 amide bonds. The van der Waals surface area contributed by atoms with E-state index in [1.54, 1.807) is 0 Å². The maximum absolute atomic E-state index is 6.71. The second-order valence-corrected chi connectivity index (χ2v) is 6.77. The zero-order chi connectivity index (χ0) is 13.7. The molecule has 2 aliphatic rings. The van der Waals surface area contributed by atoms with E-state index >= 15 is 0 Å². The maximum Gasteiger partial charge on any atom is 0.0835 e. The van der Waals surface area contributed by atoms with Gasteiger partial charge in [0, 0.05) is 12.6 Å². The van der Waals surface area contributed by atoms with E-state index < -0.39 is 0 Å². The summed E-state index contributed by atoms with van der Waals surface area (Å²) in [5.74, 6) is 1.66. The van der Waals surface area contributed by atoms with Gasteiger partial charge in [-0.05, 0) is 44.4 Å². The molecule has 2 nitrogen and oxygen atoms in total. The zero-order valence-electron chi connectivity index (χ0n) is 13.0. The maximum atomic E-state index is 6.71. The molecule has 19 heavy (non-hydrogen) atoms. The minimum Gasteiger partial charge on any atom is -0.374 e. The van der Waals surface area contributed by atoms with E-state index in [-0.39, 0.29) is 11.6 Å². The third-order valence-electron chi connectivity index (χ3n) is 5.72. The molecule has 2 aliphatic carbocycles. The first kappa shape index (κ1) is 15.3. The monoisotopic (exact) mass is 267 g/mol. The van der Waals surface area contributed by atoms with Crippen LogP contribution in [0, 0.1) is 11.8 Å². The van der Waals surface area contributed by atoms with Crippen LogP contribution >= 0.6 is 0 Å². The largest absolute Gasteiger partial charge is 0.374 e. The first-order valence-electron chi connectivity index (χ1n) is 8.61. The molecule has 2 fully saturated rings. The molecule has 0 aromatic carbocycles. The summed E-state index contributed by atoms with van der Waals surface area (Å²) in [6.45, 7) is 5.27. The fraction of sp³-hybridized carbons (Fsp3) is 1.00. The molecule has 0 aromatic rings. The zero-order valence-corrected chi connectivity index (χ0v) is 13.0. The molecule has 2 saturated carbocycles. The second kappa shape index (κ2) is 7.08. The van der Waals surface area contributed by atoms with Crippen LogP contribution in [-0.4, -0.2) is 18.2 Å². The van der Waals surface area contributed by atoms with Crippen LogP contribution in [0.3, 0.4) is 0 Å². The van der Waals surface area contributed by atoms with E-state index in [9.17, 15) is 0 Å². The molecular formula is C17H33NO. The number of hydrogen-bond acceptors (Lipinski definition) is 2. The lowest BCUT2D eigenvalue weighted by atomic mass is 9.69. The van der Waals surface area contributed by atoms with Gasteiger partial charge in [0.1, 0.15) is 0 Å². The fourth-order valence-corrected chi connectivity index (χ4v) is 4.40. The van der Waals surface area contributed by atoms with E-state index in [1.165, 1.54) is 64.2 Å². The van der Waals surface area contributed by atoms with Gasteiger partial charge < -0.3 is 10.5 Å². The van der Waals surface area contributed by atoms with Gasteiger partial charge in [0.2, 0.25) is 0 Å². The summed E-state index contributed by atoms with van der Waals surface area (Å²) in [7, 11) is 0. The number of nitrogens with two attached hydrogens (primary N) is 1. The van der Waals surface area contributed by atoms with Gasteiger partial charge in [-0.1, -0.05) is 45.4 Å². The van der Waals surface area contributed by atoms with Crippen LogP contribution in [0.4, 0.5) is 0 Å². The van der Waals surface area contributed by atoms with Crippen LogP contribution in [0.1, 0.15) is 78.1 Å². The standard InChI is InChI=1S/C17H33NO/c1-3-14-8-10-15(11-9-14)16(18)17(19-4-2)12-6-5-7-13-17/h14-16H,3-13,18H2,1-2H3. The Morgan fingerprint density at radius 1 is 1.05 bits per heavy atom. The predicted octanol–water partition coefficient (Wildman–Crippen LogP) is 4.27. The highest BCUT2D eigenvalue weighted by molar-refractivity contribution is 4.98. The van der Waals surface area contributed by atoms with Crippen molar-refractivity contribution in [2.45, 2.75) is 89.7 Å². The molecule has 0 bridgehead atoms. The highest BCUT2D eigenvalue weighted by Gasteiger charge is 2.42. The predicted molar refractivity (Wildman–Crippen MR) is 81.2 cm³/mol. The third-order valence-corrected chi connectivity index (χ3v) is 5.72. The average molecular weight is 267 g/mol. The van der Waals surface area contributed by atoms with Gasteiger partial charge in [-0.25, -0.2) is 0 Å². The number of hydrogen-bond donors (Lipinski definition) is 1. The van der Waals surface area contributed by atoms with Crippen molar-refractivity contribution < 1.29 is 4.74 Å². The van der Waals surface area contributed by atoms with Gasteiger partial charge in [0.25, 0.3) is 0 Å². The Bertz CT molecular complexity index is 246. The Balaban J connectivity index is 1.97. The van der Waals surface area contributed by atoms with Crippen LogP contribution < -0.4 is 5.73 Å². The lowest BCUT2D eigenvalue weighted by Gasteiger charge is -2.46. The van der Waals surface area contributed by atoms with Gasteiger partial charge in [0.05, 0.1) is 5.60 Å². The molecule has 0 aromatic heterocycles. The number of ether oxygens (including phenoxy) is 1. The van der Waals surface area contributed by atoms with E-state index in [0.717, 1.165) is 12.5 Å². The SMILES string of the molecule is CCOC1(C(N)C2CCC(CC)CC2)CCCCC1. The smallest absolute Gasteiger partial charge is 0.0835 e. The molecule has 1 atom stereocenters. The summed E-state index contributed by atoms with van der Waals surface area (Å²) in [4.78, 5) is 0. The van der Waals surface area contributed by atoms with Crippen LogP contribution in [0.2, 0.25) is 0 Å². The topological polar surface area (TPSA) is 35.2 Å². The molecule has 2 heteroatoms. The van der Waals surface area contributed by atoms with Crippen molar-refractivity contribution in [2.75, 3.05) is 6.61 Å². The lowest BCUT2D eigenvalue weighted by molar-refractivity contribution is -0.0971. The number of rotatable bonds is 5. The highest BCUT2D eigenvalue weighted by atomic mass is 16.5. The van der Waals surface area contributed by atoms with E-state index in [1.807, 2.05) is 0 Å². The van der Waals surface area contributed by atoms with Crippen LogP contribution in [0.25, 0.3) is 0 Å². The molecule has 2 N–H and O–H groups in total. The van der Waals surface area contributed by atoms with Gasteiger partial charge in [0.15, 0.2) is 0 Å². The van der Waals surface area contributed by atoms with E-state index in [2.05, 4.69) is 13.8 Å². The average Bonchev–Trinajstić information content (AvgIpc) is 2.48. The Hall–Kier alpha value is -0.0800. The van der Waals surface area contributed by atoms with Crippen LogP contribution in [-0.2, 0) is 4.74 Å². The Morgan fingerprint density at radius 2 is 1.68 bits per heavy atom. The molecule has 112 valence electrons. The fourth-order valence-electron chi connectivity index (χ4n) is 4.40. The Kier molecular flexibility index (Phi) is 5.70. The molecule has 0 spiro atoms. The molecule has 1 unspecified atom stereocenters. The molecular weight excluding hydrogens is 234 g/mol. The van der Waals surface area contributed by atoms with Crippen LogP contribution in [0.15, 0.2) is 0 Å². The van der Waals surface area contributed by atoms with Gasteiger partial charge in [-0.2, -0.15) is 0 Å². The summed E-state index contributed by atoms with van der Waals surface area (Å²) >= 11 is 0. The van der Waals surface area contributed by atoms with Crippen molar-refractivity contribution in [1.82, 2.24) is 0 Å². The van der Waals surface area contributed by atoms with Crippen molar-refractivity contribution in [1.29, 1.82) is 0 Å². The summed E-state index contributed by atoms with van der Waals surface area (Å²) in [6.07, 6.45) is 13.1. The first-order chi connectivity index (χ1) is 9.22. The van der Waals surface area contributed by atoms with Gasteiger partial charge >= 0.3 is 0 Å². The highest BCUT2D eigenvalue weighted by Crippen LogP contribution is 2.41. The third kappa shape index (κ3) is 3.52. The van der Waals surface area contributed by atoms with Crippen molar-refractivity contribution in [3.63, 3.8) is 0 Å². The van der Waals surface area contributed by atoms with E-state index in [0.29, 0.717) is 5.92 Å². The summed E-state index contributed by atoms with van der Waals surface area (Å²) in [6, 6.07) is 0.269. The molecule has 0 aliphatic heterocycles. The molecule has 2 rings (SSSR count). The van der Waals surface area contributed by atoms with Crippen molar-refractivity contribution in [2.24, 2.45) is 17.6 Å². The van der Waals surface area contributed by atoms with Crippen molar-refractivity contribution in [3.8, 4) is 0 Å². The quantitative estimate of drug-likeness (QED) is 0.807. The van der Waals surface area contributed by atoms with Crippen molar-refractivity contribution in [3.05, 3.63) is 0 Å².